The summed E-state index contributed by atoms with van der Waals surface area (Å²) >= 11 is 1.52. The highest BCUT2D eigenvalue weighted by Gasteiger charge is 2.28. The standard InChI is InChI=1S/C28H33FN8O2S/c1-3-22-27(33(2)28-31-23(18-40-28)19-4-6-20(29)7-5-19)37-24(30-22)8-9-25(32-37)35-14-12-34(13-15-35)17-26(39)36-11-10-21(38)16-36/h4-9,18,21,38H,3,10-17H2,1-2H3. The highest BCUT2D eigenvalue weighted by atomic mass is 32.1. The van der Waals surface area contributed by atoms with E-state index >= 15 is 0 Å². The van der Waals surface area contributed by atoms with Crippen molar-refractivity contribution >= 4 is 39.7 Å². The van der Waals surface area contributed by atoms with E-state index in [0.29, 0.717) is 26.1 Å². The lowest BCUT2D eigenvalue weighted by molar-refractivity contribution is -0.131. The number of β-amino-alcohol motifs (C(OH)–C–C–N with tert-alkyl or cyclic N) is 1. The molecule has 1 unspecified atom stereocenters. The predicted octanol–water partition coefficient (Wildman–Crippen LogP) is 3.04. The molecular formula is C28H33FN8O2S. The lowest BCUT2D eigenvalue weighted by Crippen LogP contribution is -2.50. The van der Waals surface area contributed by atoms with Crippen molar-refractivity contribution in [1.82, 2.24) is 29.4 Å². The first-order chi connectivity index (χ1) is 19.4. The van der Waals surface area contributed by atoms with Gasteiger partial charge in [-0.15, -0.1) is 16.4 Å². The van der Waals surface area contributed by atoms with E-state index in [1.165, 1.54) is 23.5 Å². The van der Waals surface area contributed by atoms with Crippen molar-refractivity contribution in [3.63, 3.8) is 0 Å². The van der Waals surface area contributed by atoms with Crippen LogP contribution in [0.25, 0.3) is 16.9 Å². The van der Waals surface area contributed by atoms with E-state index in [-0.39, 0.29) is 11.7 Å². The van der Waals surface area contributed by atoms with E-state index in [1.807, 2.05) is 34.0 Å². The predicted molar refractivity (Wildman–Crippen MR) is 154 cm³/mol. The lowest BCUT2D eigenvalue weighted by Gasteiger charge is -2.35. The molecule has 0 radical (unpaired) electrons. The zero-order valence-electron chi connectivity index (χ0n) is 22.7. The maximum Gasteiger partial charge on any atom is 0.236 e. The Morgan fingerprint density at radius 3 is 2.58 bits per heavy atom. The second-order valence-electron chi connectivity index (χ2n) is 10.3. The van der Waals surface area contributed by atoms with Gasteiger partial charge in [0.1, 0.15) is 11.6 Å². The van der Waals surface area contributed by atoms with Gasteiger partial charge in [-0.05, 0) is 49.2 Å². The summed E-state index contributed by atoms with van der Waals surface area (Å²) in [5.74, 6) is 1.56. The van der Waals surface area contributed by atoms with E-state index in [1.54, 1.807) is 17.0 Å². The number of nitrogens with zero attached hydrogens (tertiary/aromatic N) is 8. The van der Waals surface area contributed by atoms with Crippen LogP contribution in [0.3, 0.4) is 0 Å². The van der Waals surface area contributed by atoms with Gasteiger partial charge in [0, 0.05) is 57.3 Å². The number of imidazole rings is 1. The van der Waals surface area contributed by atoms with Gasteiger partial charge in [0.2, 0.25) is 5.91 Å². The number of aliphatic hydroxyl groups excluding tert-OH is 1. The molecule has 2 saturated heterocycles. The first-order valence-corrected chi connectivity index (χ1v) is 14.5. The van der Waals surface area contributed by atoms with E-state index in [0.717, 1.165) is 72.0 Å². The number of likely N-dealkylation sites (tertiary alicyclic amines) is 1. The van der Waals surface area contributed by atoms with Crippen LogP contribution >= 0.6 is 11.3 Å². The van der Waals surface area contributed by atoms with E-state index in [9.17, 15) is 14.3 Å². The average Bonchev–Trinajstić information content (AvgIpc) is 3.71. The third kappa shape index (κ3) is 5.26. The maximum absolute atomic E-state index is 13.4. The van der Waals surface area contributed by atoms with Gasteiger partial charge in [-0.3, -0.25) is 9.69 Å². The van der Waals surface area contributed by atoms with Gasteiger partial charge in [-0.25, -0.2) is 14.4 Å². The van der Waals surface area contributed by atoms with Crippen molar-refractivity contribution in [1.29, 1.82) is 0 Å². The molecule has 10 nitrogen and oxygen atoms in total. The molecule has 1 atom stereocenters. The number of thiazole rings is 1. The van der Waals surface area contributed by atoms with Gasteiger partial charge in [-0.2, -0.15) is 4.52 Å². The van der Waals surface area contributed by atoms with Crippen molar-refractivity contribution in [3.8, 4) is 11.3 Å². The fourth-order valence-corrected chi connectivity index (χ4v) is 6.16. The fourth-order valence-electron chi connectivity index (χ4n) is 5.36. The van der Waals surface area contributed by atoms with Gasteiger partial charge in [-0.1, -0.05) is 6.92 Å². The van der Waals surface area contributed by atoms with Crippen LogP contribution in [0.1, 0.15) is 19.0 Å². The van der Waals surface area contributed by atoms with Crippen molar-refractivity contribution in [2.75, 3.05) is 62.7 Å². The number of aromatic nitrogens is 4. The average molecular weight is 565 g/mol. The molecular weight excluding hydrogens is 531 g/mol. The van der Waals surface area contributed by atoms with Crippen molar-refractivity contribution in [3.05, 3.63) is 53.3 Å². The zero-order valence-corrected chi connectivity index (χ0v) is 23.5. The topological polar surface area (TPSA) is 93.3 Å². The molecule has 5 heterocycles. The number of aliphatic hydroxyl groups is 1. The van der Waals surface area contributed by atoms with Gasteiger partial charge in [0.25, 0.3) is 0 Å². The first-order valence-electron chi connectivity index (χ1n) is 13.7. The third-order valence-electron chi connectivity index (χ3n) is 7.65. The smallest absolute Gasteiger partial charge is 0.236 e. The number of anilines is 3. The molecule has 1 N–H and O–H groups in total. The molecule has 0 spiro atoms. The van der Waals surface area contributed by atoms with Crippen LogP contribution in [0.4, 0.5) is 21.2 Å². The summed E-state index contributed by atoms with van der Waals surface area (Å²) in [5.41, 5.74) is 3.37. The summed E-state index contributed by atoms with van der Waals surface area (Å²) in [5, 5.41) is 17.5. The first kappa shape index (κ1) is 26.6. The van der Waals surface area contributed by atoms with Crippen LogP contribution in [0, 0.1) is 5.82 Å². The minimum atomic E-state index is -0.394. The van der Waals surface area contributed by atoms with Crippen LogP contribution in [0.2, 0.25) is 0 Å². The Kier molecular flexibility index (Phi) is 7.39. The zero-order chi connectivity index (χ0) is 27.8. The number of rotatable bonds is 7. The quantitative estimate of drug-likeness (QED) is 0.366. The summed E-state index contributed by atoms with van der Waals surface area (Å²) in [6.45, 7) is 6.61. The summed E-state index contributed by atoms with van der Waals surface area (Å²) in [6, 6.07) is 10.4. The number of hydrogen-bond acceptors (Lipinski definition) is 9. The molecule has 2 aliphatic rings. The highest BCUT2D eigenvalue weighted by Crippen LogP contribution is 2.33. The monoisotopic (exact) mass is 564 g/mol. The molecule has 2 fully saturated rings. The molecule has 1 amide bonds. The summed E-state index contributed by atoms with van der Waals surface area (Å²) in [4.78, 5) is 30.5. The number of aryl methyl sites for hydroxylation is 1. The van der Waals surface area contributed by atoms with Gasteiger partial charge >= 0.3 is 0 Å². The maximum atomic E-state index is 13.4. The van der Waals surface area contributed by atoms with Gasteiger partial charge in [0.05, 0.1) is 24.0 Å². The molecule has 4 aromatic rings. The molecule has 12 heteroatoms. The van der Waals surface area contributed by atoms with E-state index < -0.39 is 6.10 Å². The van der Waals surface area contributed by atoms with Crippen molar-refractivity contribution < 1.29 is 14.3 Å². The van der Waals surface area contributed by atoms with Crippen LogP contribution in [0.5, 0.6) is 0 Å². The van der Waals surface area contributed by atoms with Crippen LogP contribution in [-0.4, -0.2) is 99.4 Å². The van der Waals surface area contributed by atoms with Gasteiger partial charge < -0.3 is 19.8 Å². The number of hydrogen-bond donors (Lipinski definition) is 1. The summed E-state index contributed by atoms with van der Waals surface area (Å²) in [6.07, 6.45) is 1.01. The lowest BCUT2D eigenvalue weighted by atomic mass is 10.2. The summed E-state index contributed by atoms with van der Waals surface area (Å²) in [7, 11) is 1.97. The molecule has 3 aromatic heterocycles. The molecule has 40 heavy (non-hydrogen) atoms. The fraction of sp³-hybridized carbons (Fsp3) is 0.429. The summed E-state index contributed by atoms with van der Waals surface area (Å²) < 4.78 is 15.3. The van der Waals surface area contributed by atoms with Crippen molar-refractivity contribution in [2.45, 2.75) is 25.9 Å². The van der Waals surface area contributed by atoms with E-state index in [2.05, 4.69) is 16.7 Å². The molecule has 0 bridgehead atoms. The normalized spacial score (nSPS) is 18.1. The largest absolute Gasteiger partial charge is 0.391 e. The third-order valence-corrected chi connectivity index (χ3v) is 8.57. The Bertz CT molecular complexity index is 1500. The second kappa shape index (κ2) is 11.1. The van der Waals surface area contributed by atoms with Gasteiger partial charge in [0.15, 0.2) is 16.6 Å². The Morgan fingerprint density at radius 1 is 1.10 bits per heavy atom. The molecule has 210 valence electrons. The Balaban J connectivity index is 1.19. The highest BCUT2D eigenvalue weighted by molar-refractivity contribution is 7.14. The molecule has 0 saturated carbocycles. The minimum absolute atomic E-state index is 0.0903. The number of carbonyl (C=O) groups excluding carboxylic acids is 1. The second-order valence-corrected chi connectivity index (χ2v) is 11.2. The Morgan fingerprint density at radius 2 is 1.88 bits per heavy atom. The minimum Gasteiger partial charge on any atom is -0.391 e. The number of carbonyl (C=O) groups is 1. The van der Waals surface area contributed by atoms with Crippen LogP contribution in [-0.2, 0) is 11.2 Å². The molecule has 1 aromatic carbocycles. The van der Waals surface area contributed by atoms with E-state index in [4.69, 9.17) is 15.1 Å². The number of amides is 1. The SMILES string of the molecule is CCc1nc2ccc(N3CCN(CC(=O)N4CCC(O)C4)CC3)nn2c1N(C)c1nc(-c2ccc(F)cc2)cs1. The molecule has 2 aliphatic heterocycles. The number of fused-ring (bicyclic) bond motifs is 1. The van der Waals surface area contributed by atoms with Crippen LogP contribution < -0.4 is 9.80 Å². The van der Waals surface area contributed by atoms with Crippen LogP contribution in [0.15, 0.2) is 41.8 Å². The van der Waals surface area contributed by atoms with Crippen molar-refractivity contribution in [2.24, 2.45) is 0 Å². The number of benzene rings is 1. The Hall–Kier alpha value is -3.61. The number of piperazine rings is 1. The number of halogens is 1. The molecule has 0 aliphatic carbocycles. The molecule has 6 rings (SSSR count). The Labute approximate surface area is 236 Å².